The lowest BCUT2D eigenvalue weighted by Crippen LogP contribution is -2.38. The number of anilines is 1. The second-order valence-electron chi connectivity index (χ2n) is 7.62. The van der Waals surface area contributed by atoms with Gasteiger partial charge in [-0.15, -0.1) is 0 Å². The van der Waals surface area contributed by atoms with E-state index in [4.69, 9.17) is 5.73 Å². The van der Waals surface area contributed by atoms with Crippen LogP contribution in [-0.4, -0.2) is 5.11 Å². The number of fused-ring (bicyclic) bond motifs is 1. The first-order valence-electron chi connectivity index (χ1n) is 7.75. The second kappa shape index (κ2) is 3.90. The van der Waals surface area contributed by atoms with Crippen LogP contribution in [0.1, 0.15) is 44.6 Å². The summed E-state index contributed by atoms with van der Waals surface area (Å²) in [7, 11) is 0. The van der Waals surface area contributed by atoms with Crippen LogP contribution in [-0.2, 0) is 5.41 Å². The summed E-state index contributed by atoms with van der Waals surface area (Å²) in [5.41, 5.74) is 6.25. The molecule has 0 heterocycles. The van der Waals surface area contributed by atoms with E-state index in [0.717, 1.165) is 42.1 Å². The molecule has 1 aromatic rings. The highest BCUT2D eigenvalue weighted by Crippen LogP contribution is 2.62. The van der Waals surface area contributed by atoms with Crippen LogP contribution in [0.3, 0.4) is 0 Å². The molecule has 4 rings (SSSR count). The van der Waals surface area contributed by atoms with Crippen molar-refractivity contribution in [3.05, 3.63) is 23.5 Å². The van der Waals surface area contributed by atoms with Crippen LogP contribution in [0.2, 0.25) is 0 Å². The van der Waals surface area contributed by atoms with E-state index in [1.165, 1.54) is 31.4 Å². The molecule has 4 unspecified atom stereocenters. The van der Waals surface area contributed by atoms with Gasteiger partial charge in [-0.25, -0.2) is 4.39 Å². The maximum atomic E-state index is 13.8. The minimum absolute atomic E-state index is 0.0358. The largest absolute Gasteiger partial charge is 0.508 e. The third kappa shape index (κ3) is 1.61. The van der Waals surface area contributed by atoms with Crippen molar-refractivity contribution < 1.29 is 9.50 Å². The maximum Gasteiger partial charge on any atom is 0.146 e. The molecular formula is C17H22FNO. The van der Waals surface area contributed by atoms with Gasteiger partial charge in [-0.3, -0.25) is 0 Å². The van der Waals surface area contributed by atoms with Gasteiger partial charge in [0.25, 0.3) is 0 Å². The zero-order chi connectivity index (χ0) is 14.1. The molecule has 0 amide bonds. The Hall–Kier alpha value is -1.25. The topological polar surface area (TPSA) is 46.2 Å². The number of halogens is 1. The number of nitrogens with two attached hydrogens (primary N) is 1. The zero-order valence-corrected chi connectivity index (χ0v) is 11.9. The second-order valence-corrected chi connectivity index (χ2v) is 7.62. The Morgan fingerprint density at radius 2 is 2.00 bits per heavy atom. The van der Waals surface area contributed by atoms with Crippen molar-refractivity contribution in [2.45, 2.75) is 44.4 Å². The van der Waals surface area contributed by atoms with Crippen LogP contribution in [0, 0.1) is 29.5 Å². The standard InChI is InChI=1S/C17H22FNO/c1-17(13-5-14(18)15(19)6-16(13)20)7-9-2-10-4-11(8-17)12(10)3-9/h5-6,9-12,20H,2-4,7-8,19H2,1H3/t9-,10?,11?,12?,17?/m0/s1. The van der Waals surface area contributed by atoms with Gasteiger partial charge in [0.2, 0.25) is 0 Å². The third-order valence-electron chi connectivity index (χ3n) is 6.28. The normalized spacial score (nSPS) is 42.1. The van der Waals surface area contributed by atoms with Crippen LogP contribution >= 0.6 is 0 Å². The van der Waals surface area contributed by atoms with Crippen molar-refractivity contribution in [1.29, 1.82) is 0 Å². The van der Waals surface area contributed by atoms with E-state index < -0.39 is 5.82 Å². The molecule has 0 aliphatic heterocycles. The van der Waals surface area contributed by atoms with E-state index >= 15 is 0 Å². The van der Waals surface area contributed by atoms with E-state index in [1.54, 1.807) is 0 Å². The van der Waals surface area contributed by atoms with Crippen molar-refractivity contribution in [2.75, 3.05) is 5.73 Å². The first kappa shape index (κ1) is 12.5. The number of phenols is 1. The predicted octanol–water partition coefficient (Wildman–Crippen LogP) is 3.83. The molecule has 3 fully saturated rings. The van der Waals surface area contributed by atoms with E-state index in [9.17, 15) is 9.50 Å². The van der Waals surface area contributed by atoms with E-state index in [0.29, 0.717) is 0 Å². The molecule has 0 radical (unpaired) electrons. The van der Waals surface area contributed by atoms with Gasteiger partial charge in [0.1, 0.15) is 11.6 Å². The van der Waals surface area contributed by atoms with Crippen LogP contribution in [0.4, 0.5) is 10.1 Å². The van der Waals surface area contributed by atoms with Crippen molar-refractivity contribution >= 4 is 5.69 Å². The molecule has 20 heavy (non-hydrogen) atoms. The number of rotatable bonds is 1. The van der Waals surface area contributed by atoms with Gasteiger partial charge in [-0.2, -0.15) is 0 Å². The molecule has 3 aliphatic carbocycles. The summed E-state index contributed by atoms with van der Waals surface area (Å²) in [6, 6.07) is 2.85. The number of nitrogen functional groups attached to an aromatic ring is 1. The van der Waals surface area contributed by atoms with Crippen LogP contribution in [0.15, 0.2) is 12.1 Å². The highest BCUT2D eigenvalue weighted by Gasteiger charge is 2.54. The van der Waals surface area contributed by atoms with Crippen LogP contribution in [0.5, 0.6) is 5.75 Å². The Morgan fingerprint density at radius 1 is 1.20 bits per heavy atom. The Labute approximate surface area is 119 Å². The lowest BCUT2D eigenvalue weighted by molar-refractivity contribution is 0.0694. The molecule has 5 atom stereocenters. The average Bonchev–Trinajstić information content (AvgIpc) is 2.60. The summed E-state index contributed by atoms with van der Waals surface area (Å²) < 4.78 is 13.8. The Kier molecular flexibility index (Phi) is 2.43. The van der Waals surface area contributed by atoms with Crippen LogP contribution in [0.25, 0.3) is 0 Å². The zero-order valence-electron chi connectivity index (χ0n) is 11.9. The van der Waals surface area contributed by atoms with E-state index in [2.05, 4.69) is 6.92 Å². The fourth-order valence-electron chi connectivity index (χ4n) is 5.47. The molecule has 0 aromatic heterocycles. The lowest BCUT2D eigenvalue weighted by atomic mass is 9.59. The van der Waals surface area contributed by atoms with Gasteiger partial charge in [0.15, 0.2) is 0 Å². The summed E-state index contributed by atoms with van der Waals surface area (Å²) in [6.45, 7) is 2.20. The van der Waals surface area contributed by atoms with Crippen LogP contribution < -0.4 is 5.73 Å². The number of benzene rings is 1. The first-order chi connectivity index (χ1) is 9.46. The smallest absolute Gasteiger partial charge is 0.146 e. The average molecular weight is 275 g/mol. The lowest BCUT2D eigenvalue weighted by Gasteiger charge is -2.46. The van der Waals surface area contributed by atoms with E-state index in [1.807, 2.05) is 0 Å². The predicted molar refractivity (Wildman–Crippen MR) is 76.9 cm³/mol. The first-order valence-corrected chi connectivity index (χ1v) is 7.75. The van der Waals surface area contributed by atoms with Gasteiger partial charge < -0.3 is 10.8 Å². The summed E-state index contributed by atoms with van der Waals surface area (Å²) in [5.74, 6) is 3.16. The molecule has 1 aromatic carbocycles. The maximum absolute atomic E-state index is 13.8. The summed E-state index contributed by atoms with van der Waals surface area (Å²) in [5, 5.41) is 10.2. The summed E-state index contributed by atoms with van der Waals surface area (Å²) >= 11 is 0. The summed E-state index contributed by atoms with van der Waals surface area (Å²) in [4.78, 5) is 0. The molecular weight excluding hydrogens is 253 g/mol. The Morgan fingerprint density at radius 3 is 2.80 bits per heavy atom. The van der Waals surface area contributed by atoms with Gasteiger partial charge in [-0.1, -0.05) is 6.92 Å². The molecule has 3 N–H and O–H groups in total. The number of aromatic hydroxyl groups is 1. The molecule has 2 nitrogen and oxygen atoms in total. The quantitative estimate of drug-likeness (QED) is 0.765. The minimum atomic E-state index is -0.403. The van der Waals surface area contributed by atoms with Crippen molar-refractivity contribution in [1.82, 2.24) is 0 Å². The highest BCUT2D eigenvalue weighted by molar-refractivity contribution is 5.51. The number of hydrogen-bond acceptors (Lipinski definition) is 2. The Bertz CT molecular complexity index is 566. The van der Waals surface area contributed by atoms with Gasteiger partial charge >= 0.3 is 0 Å². The van der Waals surface area contributed by atoms with Gasteiger partial charge in [0.05, 0.1) is 5.69 Å². The Balaban J connectivity index is 1.75. The molecule has 0 spiro atoms. The molecule has 0 saturated heterocycles. The van der Waals surface area contributed by atoms with Crippen molar-refractivity contribution in [2.24, 2.45) is 23.7 Å². The number of hydrogen-bond donors (Lipinski definition) is 2. The fraction of sp³-hybridized carbons (Fsp3) is 0.647. The monoisotopic (exact) mass is 275 g/mol. The third-order valence-corrected chi connectivity index (χ3v) is 6.28. The highest BCUT2D eigenvalue weighted by atomic mass is 19.1. The van der Waals surface area contributed by atoms with Gasteiger partial charge in [-0.05, 0) is 67.3 Å². The fourth-order valence-corrected chi connectivity index (χ4v) is 5.47. The van der Waals surface area contributed by atoms with Crippen molar-refractivity contribution in [3.63, 3.8) is 0 Å². The minimum Gasteiger partial charge on any atom is -0.508 e. The van der Waals surface area contributed by atoms with E-state index in [-0.39, 0.29) is 16.9 Å². The molecule has 108 valence electrons. The number of phenolic OH excluding ortho intramolecular Hbond substituents is 1. The molecule has 3 aliphatic rings. The SMILES string of the molecule is CC1(c2cc(F)c(N)cc2O)CC2CC3C[C@@H](CC32)C1. The molecule has 3 heteroatoms. The van der Waals surface area contributed by atoms with Crippen molar-refractivity contribution in [3.8, 4) is 5.75 Å². The molecule has 2 bridgehead atoms. The molecule has 3 saturated carbocycles. The van der Waals surface area contributed by atoms with Gasteiger partial charge in [0, 0.05) is 11.6 Å². The summed E-state index contributed by atoms with van der Waals surface area (Å²) in [6.07, 6.45) is 6.20.